The molecule has 0 spiro atoms. The summed E-state index contributed by atoms with van der Waals surface area (Å²) in [6.45, 7) is 6.30. The number of phenolic OH excluding ortho intramolecular Hbond substituents is 1. The minimum Gasteiger partial charge on any atom is -0.506 e. The molecular weight excluding hydrogens is 514 g/mol. The first-order chi connectivity index (χ1) is 18.4. The summed E-state index contributed by atoms with van der Waals surface area (Å²) in [7, 11) is 0. The first kappa shape index (κ1) is 28.4. The molecule has 0 fully saturated rings. The van der Waals surface area contributed by atoms with E-state index in [2.05, 4.69) is 10.3 Å². The molecule has 1 amide bonds. The zero-order valence-corrected chi connectivity index (χ0v) is 23.0. The average Bonchev–Trinajstić information content (AvgIpc) is 2.87. The van der Waals surface area contributed by atoms with Crippen molar-refractivity contribution in [1.82, 2.24) is 10.3 Å². The molecule has 3 aromatic carbocycles. The van der Waals surface area contributed by atoms with Gasteiger partial charge in [0.15, 0.2) is 0 Å². The molecule has 1 heterocycles. The Morgan fingerprint density at radius 3 is 2.56 bits per heavy atom. The van der Waals surface area contributed by atoms with Gasteiger partial charge in [-0.1, -0.05) is 54.1 Å². The van der Waals surface area contributed by atoms with Gasteiger partial charge >= 0.3 is 0 Å². The fourth-order valence-electron chi connectivity index (χ4n) is 5.04. The summed E-state index contributed by atoms with van der Waals surface area (Å²) in [6, 6.07) is 19.6. The molecule has 8 heteroatoms. The number of nitrogens with one attached hydrogen (secondary N) is 2. The van der Waals surface area contributed by atoms with Crippen molar-refractivity contribution in [3.8, 4) is 5.75 Å². The van der Waals surface area contributed by atoms with Crippen LogP contribution in [0, 0.1) is 6.92 Å². The number of pyridine rings is 1. The SMILES string of the molecule is Cc1cccc(Cl)c1CC(C(N)=O)c1cccc(CC(C)(C)NC[C@H](O)c2ccc(O)c3[nH]c(=O)ccc23)c1. The molecule has 0 aliphatic rings. The maximum atomic E-state index is 12.5. The number of aromatic amines is 1. The lowest BCUT2D eigenvalue weighted by Gasteiger charge is -2.29. The summed E-state index contributed by atoms with van der Waals surface area (Å²) in [5, 5.41) is 25.7. The number of carbonyl (C=O) groups excluding carboxylic acids is 1. The van der Waals surface area contributed by atoms with Gasteiger partial charge in [0.05, 0.1) is 17.5 Å². The van der Waals surface area contributed by atoms with Crippen molar-refractivity contribution in [2.24, 2.45) is 5.73 Å². The normalized spacial score (nSPS) is 13.4. The number of primary amides is 1. The quantitative estimate of drug-likeness (QED) is 0.197. The van der Waals surface area contributed by atoms with Crippen molar-refractivity contribution in [1.29, 1.82) is 0 Å². The third-order valence-corrected chi connectivity index (χ3v) is 7.50. The highest BCUT2D eigenvalue weighted by molar-refractivity contribution is 6.31. The first-order valence-corrected chi connectivity index (χ1v) is 13.2. The fraction of sp³-hybridized carbons (Fsp3) is 0.290. The summed E-state index contributed by atoms with van der Waals surface area (Å²) < 4.78 is 0. The number of H-pyrrole nitrogens is 1. The number of aryl methyl sites for hydroxylation is 1. The number of aromatic nitrogens is 1. The van der Waals surface area contributed by atoms with Crippen LogP contribution in [0.5, 0.6) is 5.75 Å². The van der Waals surface area contributed by atoms with E-state index < -0.39 is 23.5 Å². The van der Waals surface area contributed by atoms with E-state index in [1.165, 1.54) is 12.1 Å². The Hall–Kier alpha value is -3.65. The maximum absolute atomic E-state index is 12.5. The summed E-state index contributed by atoms with van der Waals surface area (Å²) >= 11 is 6.43. The number of nitrogens with two attached hydrogens (primary N) is 1. The Morgan fingerprint density at radius 2 is 1.85 bits per heavy atom. The van der Waals surface area contributed by atoms with Gasteiger partial charge in [-0.05, 0) is 79.6 Å². The topological polar surface area (TPSA) is 128 Å². The number of carbonyl (C=O) groups is 1. The molecule has 1 unspecified atom stereocenters. The molecule has 0 saturated carbocycles. The minimum atomic E-state index is -0.872. The third kappa shape index (κ3) is 6.68. The highest BCUT2D eigenvalue weighted by Gasteiger charge is 2.24. The first-order valence-electron chi connectivity index (χ1n) is 12.9. The van der Waals surface area contributed by atoms with Crippen LogP contribution in [0.25, 0.3) is 10.9 Å². The van der Waals surface area contributed by atoms with Crippen molar-refractivity contribution in [3.05, 3.63) is 110 Å². The Kier molecular flexibility index (Phi) is 8.45. The smallest absolute Gasteiger partial charge is 0.248 e. The van der Waals surface area contributed by atoms with E-state index in [0.29, 0.717) is 34.3 Å². The van der Waals surface area contributed by atoms with E-state index in [9.17, 15) is 19.8 Å². The van der Waals surface area contributed by atoms with Gasteiger partial charge in [0, 0.05) is 28.6 Å². The number of rotatable bonds is 10. The van der Waals surface area contributed by atoms with E-state index in [-0.39, 0.29) is 17.9 Å². The largest absolute Gasteiger partial charge is 0.506 e. The molecule has 4 rings (SSSR count). The van der Waals surface area contributed by atoms with Gasteiger partial charge in [0.2, 0.25) is 11.5 Å². The zero-order valence-electron chi connectivity index (χ0n) is 22.3. The minimum absolute atomic E-state index is 0.0502. The van der Waals surface area contributed by atoms with Crippen LogP contribution in [0.3, 0.4) is 0 Å². The number of aliphatic hydroxyl groups is 1. The average molecular weight is 548 g/mol. The highest BCUT2D eigenvalue weighted by Crippen LogP contribution is 2.30. The molecule has 1 aromatic heterocycles. The molecule has 0 aliphatic heterocycles. The van der Waals surface area contributed by atoms with Crippen LogP contribution >= 0.6 is 11.6 Å². The van der Waals surface area contributed by atoms with Gasteiger partial charge in [0.1, 0.15) is 5.75 Å². The summed E-state index contributed by atoms with van der Waals surface area (Å²) in [5.74, 6) is -0.976. The van der Waals surface area contributed by atoms with Gasteiger partial charge in [-0.25, -0.2) is 0 Å². The van der Waals surface area contributed by atoms with E-state index in [4.69, 9.17) is 17.3 Å². The molecule has 0 radical (unpaired) electrons. The van der Waals surface area contributed by atoms with Gasteiger partial charge in [-0.2, -0.15) is 0 Å². The second kappa shape index (κ2) is 11.6. The molecule has 0 aliphatic carbocycles. The summed E-state index contributed by atoms with van der Waals surface area (Å²) in [5.41, 5.74) is 9.78. The monoisotopic (exact) mass is 547 g/mol. The van der Waals surface area contributed by atoms with Gasteiger partial charge in [-0.3, -0.25) is 9.59 Å². The standard InChI is InChI=1S/C31H34ClN3O4/c1-18-6-4-9-25(32)23(18)15-24(30(33)39)20-8-5-7-19(14-20)16-31(2,3)34-17-27(37)21-10-12-26(36)29-22(21)11-13-28(38)35-29/h4-14,24,27,34,36-37H,15-17H2,1-3H3,(H2,33,39)(H,35,38)/t24?,27-/m0/s1. The van der Waals surface area contributed by atoms with Crippen LogP contribution in [0.1, 0.15) is 53.7 Å². The van der Waals surface area contributed by atoms with E-state index >= 15 is 0 Å². The summed E-state index contributed by atoms with van der Waals surface area (Å²) in [4.78, 5) is 26.8. The molecule has 0 bridgehead atoms. The van der Waals surface area contributed by atoms with Crippen LogP contribution < -0.4 is 16.6 Å². The van der Waals surface area contributed by atoms with Crippen molar-refractivity contribution in [2.75, 3.05) is 6.54 Å². The van der Waals surface area contributed by atoms with Crippen molar-refractivity contribution in [3.63, 3.8) is 0 Å². The van der Waals surface area contributed by atoms with Gasteiger partial charge in [0.25, 0.3) is 0 Å². The molecule has 204 valence electrons. The van der Waals surface area contributed by atoms with Gasteiger partial charge in [-0.15, -0.1) is 0 Å². The predicted molar refractivity (Wildman–Crippen MR) is 155 cm³/mol. The van der Waals surface area contributed by atoms with Crippen LogP contribution in [-0.2, 0) is 17.6 Å². The van der Waals surface area contributed by atoms with Crippen LogP contribution in [0.15, 0.2) is 71.5 Å². The lowest BCUT2D eigenvalue weighted by atomic mass is 9.87. The number of halogens is 1. The molecular formula is C31H34ClN3O4. The number of hydrogen-bond donors (Lipinski definition) is 5. The second-order valence-corrected chi connectivity index (χ2v) is 11.1. The molecule has 0 saturated heterocycles. The Labute approximate surface area is 232 Å². The van der Waals surface area contributed by atoms with E-state index in [1.54, 1.807) is 12.1 Å². The van der Waals surface area contributed by atoms with E-state index in [1.807, 2.05) is 63.2 Å². The Balaban J connectivity index is 1.49. The Bertz CT molecular complexity index is 1540. The van der Waals surface area contributed by atoms with Crippen molar-refractivity contribution < 1.29 is 15.0 Å². The number of benzene rings is 3. The fourth-order valence-corrected chi connectivity index (χ4v) is 5.34. The number of aromatic hydroxyl groups is 1. The van der Waals surface area contributed by atoms with E-state index in [0.717, 1.165) is 22.3 Å². The lowest BCUT2D eigenvalue weighted by molar-refractivity contribution is -0.119. The van der Waals surface area contributed by atoms with Crippen LogP contribution in [-0.4, -0.2) is 33.2 Å². The Morgan fingerprint density at radius 1 is 1.10 bits per heavy atom. The number of phenols is 1. The lowest BCUT2D eigenvalue weighted by Crippen LogP contribution is -2.43. The number of amides is 1. The van der Waals surface area contributed by atoms with Crippen molar-refractivity contribution >= 4 is 28.4 Å². The number of hydrogen-bond acceptors (Lipinski definition) is 5. The van der Waals surface area contributed by atoms with Gasteiger partial charge < -0.3 is 26.2 Å². The number of β-amino-alcohol motifs (C(OH)–C–C–N with tert-alkyl or cyclic N) is 1. The maximum Gasteiger partial charge on any atom is 0.248 e. The van der Waals surface area contributed by atoms with Crippen LogP contribution in [0.4, 0.5) is 0 Å². The predicted octanol–water partition coefficient (Wildman–Crippen LogP) is 4.65. The molecule has 7 nitrogen and oxygen atoms in total. The number of fused-ring (bicyclic) bond motifs is 1. The van der Waals surface area contributed by atoms with Crippen LogP contribution in [0.2, 0.25) is 5.02 Å². The van der Waals surface area contributed by atoms with Crippen molar-refractivity contribution in [2.45, 2.75) is 51.2 Å². The molecule has 2 atom stereocenters. The zero-order chi connectivity index (χ0) is 28.3. The second-order valence-electron chi connectivity index (χ2n) is 10.7. The molecule has 6 N–H and O–H groups in total. The summed E-state index contributed by atoms with van der Waals surface area (Å²) in [6.07, 6.45) is 0.181. The molecule has 4 aromatic rings. The highest BCUT2D eigenvalue weighted by atomic mass is 35.5. The third-order valence-electron chi connectivity index (χ3n) is 7.14. The molecule has 39 heavy (non-hydrogen) atoms. The number of aliphatic hydroxyl groups excluding tert-OH is 1.